The maximum atomic E-state index is 11.8. The first-order chi connectivity index (χ1) is 7.09. The van der Waals surface area contributed by atoms with E-state index >= 15 is 0 Å². The van der Waals surface area contributed by atoms with Crippen LogP contribution in [0.5, 0.6) is 5.75 Å². The number of benzene rings is 1. The Morgan fingerprint density at radius 3 is 3.00 bits per heavy atom. The quantitative estimate of drug-likeness (QED) is 0.680. The number of nitrogen functional groups attached to an aromatic ring is 1. The van der Waals surface area contributed by atoms with Crippen LogP contribution in [-0.2, 0) is 0 Å². The van der Waals surface area contributed by atoms with Crippen LogP contribution in [0.15, 0.2) is 12.1 Å². The van der Waals surface area contributed by atoms with Crippen LogP contribution < -0.4 is 10.5 Å². The highest BCUT2D eigenvalue weighted by molar-refractivity contribution is 6.33. The molecule has 5 heteroatoms. The molecule has 0 spiro atoms. The van der Waals surface area contributed by atoms with Gasteiger partial charge in [0.2, 0.25) is 0 Å². The summed E-state index contributed by atoms with van der Waals surface area (Å²) in [4.78, 5) is 13.4. The van der Waals surface area contributed by atoms with E-state index in [4.69, 9.17) is 22.1 Å². The third-order valence-corrected chi connectivity index (χ3v) is 2.69. The summed E-state index contributed by atoms with van der Waals surface area (Å²) in [5, 5.41) is 0.376. The molecule has 1 heterocycles. The molecule has 0 atom stereocenters. The van der Waals surface area contributed by atoms with Crippen molar-refractivity contribution in [2.24, 2.45) is 0 Å². The van der Waals surface area contributed by atoms with E-state index in [1.165, 1.54) is 0 Å². The summed E-state index contributed by atoms with van der Waals surface area (Å²) in [6.07, 6.45) is 0. The van der Waals surface area contributed by atoms with Crippen molar-refractivity contribution in [1.29, 1.82) is 0 Å². The zero-order valence-electron chi connectivity index (χ0n) is 8.29. The largest absolute Gasteiger partial charge is 0.491 e. The molecule has 0 bridgehead atoms. The van der Waals surface area contributed by atoms with Gasteiger partial charge in [0.25, 0.3) is 5.91 Å². The number of ether oxygens (including phenoxy) is 1. The predicted octanol–water partition coefficient (Wildman–Crippen LogP) is 1.39. The average molecular weight is 227 g/mol. The first-order valence-electron chi connectivity index (χ1n) is 4.57. The van der Waals surface area contributed by atoms with Crippen LogP contribution in [0.2, 0.25) is 5.02 Å². The van der Waals surface area contributed by atoms with E-state index < -0.39 is 0 Å². The number of nitrogens with two attached hydrogens (primary N) is 1. The van der Waals surface area contributed by atoms with E-state index in [0.717, 1.165) is 0 Å². The highest BCUT2D eigenvalue weighted by atomic mass is 35.5. The van der Waals surface area contributed by atoms with Crippen LogP contribution in [0.25, 0.3) is 0 Å². The van der Waals surface area contributed by atoms with Gasteiger partial charge in [-0.1, -0.05) is 11.6 Å². The van der Waals surface area contributed by atoms with Gasteiger partial charge in [0.15, 0.2) is 0 Å². The Balaban J connectivity index is 2.54. The lowest BCUT2D eigenvalue weighted by Gasteiger charge is -2.12. The Bertz CT molecular complexity index is 420. The highest BCUT2D eigenvalue weighted by Gasteiger charge is 2.21. The fourth-order valence-electron chi connectivity index (χ4n) is 1.46. The van der Waals surface area contributed by atoms with E-state index in [-0.39, 0.29) is 5.91 Å². The van der Waals surface area contributed by atoms with Crippen molar-refractivity contribution in [3.63, 3.8) is 0 Å². The Hall–Kier alpha value is -1.42. The molecule has 0 radical (unpaired) electrons. The van der Waals surface area contributed by atoms with Crippen LogP contribution in [0.1, 0.15) is 10.4 Å². The molecule has 0 aromatic heterocycles. The molecule has 4 nitrogen and oxygen atoms in total. The van der Waals surface area contributed by atoms with Gasteiger partial charge in [-0.25, -0.2) is 0 Å². The first kappa shape index (κ1) is 10.1. The molecule has 80 valence electrons. The van der Waals surface area contributed by atoms with Crippen molar-refractivity contribution in [3.8, 4) is 5.75 Å². The summed E-state index contributed by atoms with van der Waals surface area (Å²) in [6, 6.07) is 3.14. The lowest BCUT2D eigenvalue weighted by Crippen LogP contribution is -2.27. The van der Waals surface area contributed by atoms with Gasteiger partial charge in [-0.2, -0.15) is 0 Å². The van der Waals surface area contributed by atoms with Gasteiger partial charge in [0, 0.05) is 13.1 Å². The smallest absolute Gasteiger partial charge is 0.257 e. The maximum absolute atomic E-state index is 11.8. The number of amides is 1. The number of carbonyl (C=O) groups excluding carboxylic acids is 1. The Morgan fingerprint density at radius 2 is 2.27 bits per heavy atom. The number of halogens is 1. The van der Waals surface area contributed by atoms with Gasteiger partial charge in [0.1, 0.15) is 12.4 Å². The van der Waals surface area contributed by atoms with Gasteiger partial charge < -0.3 is 15.4 Å². The standard InChI is InChI=1S/C10H11ClN2O2/c1-13-2-3-15-9-5-8(12)7(11)4-6(9)10(13)14/h4-5H,2-3,12H2,1H3. The third-order valence-electron chi connectivity index (χ3n) is 2.36. The summed E-state index contributed by atoms with van der Waals surface area (Å²) < 4.78 is 5.42. The highest BCUT2D eigenvalue weighted by Crippen LogP contribution is 2.30. The normalized spacial score (nSPS) is 15.6. The Morgan fingerprint density at radius 1 is 1.53 bits per heavy atom. The van der Waals surface area contributed by atoms with E-state index in [2.05, 4.69) is 0 Å². The zero-order valence-corrected chi connectivity index (χ0v) is 9.04. The van der Waals surface area contributed by atoms with E-state index in [9.17, 15) is 4.79 Å². The fraction of sp³-hybridized carbons (Fsp3) is 0.300. The molecular weight excluding hydrogens is 216 g/mol. The van der Waals surface area contributed by atoms with E-state index in [1.54, 1.807) is 24.1 Å². The predicted molar refractivity (Wildman–Crippen MR) is 58.3 cm³/mol. The molecule has 0 saturated heterocycles. The molecule has 0 aliphatic carbocycles. The van der Waals surface area contributed by atoms with Crippen LogP contribution >= 0.6 is 11.6 Å². The maximum Gasteiger partial charge on any atom is 0.257 e. The summed E-state index contributed by atoms with van der Waals surface area (Å²) in [5.41, 5.74) is 6.53. The van der Waals surface area contributed by atoms with Gasteiger partial charge in [-0.15, -0.1) is 0 Å². The summed E-state index contributed by atoms with van der Waals surface area (Å²) in [6.45, 7) is 1.03. The average Bonchev–Trinajstić information content (AvgIpc) is 2.32. The molecule has 0 unspecified atom stereocenters. The SMILES string of the molecule is CN1CCOc2cc(N)c(Cl)cc2C1=O. The number of nitrogens with zero attached hydrogens (tertiary/aromatic N) is 1. The minimum Gasteiger partial charge on any atom is -0.491 e. The third kappa shape index (κ3) is 1.72. The second kappa shape index (κ2) is 3.62. The number of hydrogen-bond donors (Lipinski definition) is 1. The van der Waals surface area contributed by atoms with Crippen molar-refractivity contribution in [2.75, 3.05) is 25.9 Å². The number of rotatable bonds is 0. The van der Waals surface area contributed by atoms with Gasteiger partial charge in [-0.3, -0.25) is 4.79 Å². The van der Waals surface area contributed by atoms with Crippen molar-refractivity contribution < 1.29 is 9.53 Å². The summed E-state index contributed by atoms with van der Waals surface area (Å²) >= 11 is 5.86. The fourth-order valence-corrected chi connectivity index (χ4v) is 1.62. The molecule has 0 fully saturated rings. The zero-order chi connectivity index (χ0) is 11.0. The van der Waals surface area contributed by atoms with Crippen LogP contribution in [0.3, 0.4) is 0 Å². The molecule has 1 aromatic rings. The number of likely N-dealkylation sites (N-methyl/N-ethyl adjacent to an activating group) is 1. The monoisotopic (exact) mass is 226 g/mol. The lowest BCUT2D eigenvalue weighted by molar-refractivity contribution is 0.0797. The van der Waals surface area contributed by atoms with Crippen LogP contribution in [-0.4, -0.2) is 31.0 Å². The molecule has 0 saturated carbocycles. The Kier molecular flexibility index (Phi) is 2.44. The lowest BCUT2D eigenvalue weighted by atomic mass is 10.1. The molecule has 1 aliphatic heterocycles. The van der Waals surface area contributed by atoms with Crippen molar-refractivity contribution in [1.82, 2.24) is 4.90 Å². The van der Waals surface area contributed by atoms with E-state index in [1.807, 2.05) is 0 Å². The van der Waals surface area contributed by atoms with Crippen molar-refractivity contribution in [2.45, 2.75) is 0 Å². The molecule has 2 rings (SSSR count). The summed E-state index contributed by atoms with van der Waals surface area (Å²) in [7, 11) is 1.73. The second-order valence-corrected chi connectivity index (χ2v) is 3.85. The van der Waals surface area contributed by atoms with E-state index in [0.29, 0.717) is 35.2 Å². The Labute approximate surface area is 92.6 Å². The van der Waals surface area contributed by atoms with Gasteiger partial charge in [0.05, 0.1) is 22.8 Å². The number of anilines is 1. The van der Waals surface area contributed by atoms with Crippen molar-refractivity contribution >= 4 is 23.2 Å². The summed E-state index contributed by atoms with van der Waals surface area (Å²) in [5.74, 6) is 0.413. The molecule has 1 amide bonds. The number of fused-ring (bicyclic) bond motifs is 1. The topological polar surface area (TPSA) is 55.6 Å². The van der Waals surface area contributed by atoms with Crippen LogP contribution in [0.4, 0.5) is 5.69 Å². The molecule has 1 aliphatic rings. The molecule has 15 heavy (non-hydrogen) atoms. The molecular formula is C10H11ClN2O2. The second-order valence-electron chi connectivity index (χ2n) is 3.45. The minimum atomic E-state index is -0.0931. The first-order valence-corrected chi connectivity index (χ1v) is 4.94. The van der Waals surface area contributed by atoms with Crippen molar-refractivity contribution in [3.05, 3.63) is 22.7 Å². The number of hydrogen-bond acceptors (Lipinski definition) is 3. The van der Waals surface area contributed by atoms with Gasteiger partial charge >= 0.3 is 0 Å². The van der Waals surface area contributed by atoms with Crippen LogP contribution in [0, 0.1) is 0 Å². The minimum absolute atomic E-state index is 0.0931. The number of carbonyl (C=O) groups is 1. The van der Waals surface area contributed by atoms with Gasteiger partial charge in [-0.05, 0) is 6.07 Å². The molecule has 2 N–H and O–H groups in total. The molecule has 1 aromatic carbocycles.